The van der Waals surface area contributed by atoms with Crippen LogP contribution in [0.2, 0.25) is 0 Å². The molecule has 1 aromatic rings. The molecule has 132 valence electrons. The second kappa shape index (κ2) is 9.40. The summed E-state index contributed by atoms with van der Waals surface area (Å²) in [5, 5.41) is 0. The molecule has 0 saturated heterocycles. The number of hydrogen-bond donors (Lipinski definition) is 0. The maximum Gasteiger partial charge on any atom is 0.307 e. The first-order chi connectivity index (χ1) is 11.6. The van der Waals surface area contributed by atoms with Gasteiger partial charge in [-0.25, -0.2) is 4.39 Å². The van der Waals surface area contributed by atoms with Crippen LogP contribution < -0.4 is 0 Å². The molecule has 0 aliphatic heterocycles. The maximum atomic E-state index is 14.0. The van der Waals surface area contributed by atoms with Crippen molar-refractivity contribution in [1.29, 1.82) is 0 Å². The Morgan fingerprint density at radius 2 is 1.75 bits per heavy atom. The third-order valence-electron chi connectivity index (χ3n) is 4.67. The average molecular weight is 335 g/mol. The predicted octanol–water partition coefficient (Wildman–Crippen LogP) is 3.94. The number of carbonyl (C=O) groups is 2. The fourth-order valence-corrected chi connectivity index (χ4v) is 3.30. The fourth-order valence-electron chi connectivity index (χ4n) is 3.30. The summed E-state index contributed by atoms with van der Waals surface area (Å²) >= 11 is 0. The molecule has 0 radical (unpaired) electrons. The van der Waals surface area contributed by atoms with Crippen molar-refractivity contribution in [1.82, 2.24) is 4.90 Å². The Bertz CT molecular complexity index is 553. The first kappa shape index (κ1) is 18.4. The highest BCUT2D eigenvalue weighted by molar-refractivity contribution is 5.94. The third kappa shape index (κ3) is 5.05. The molecular formula is C19H26FNO3. The van der Waals surface area contributed by atoms with Crippen molar-refractivity contribution >= 4 is 11.9 Å². The predicted molar refractivity (Wildman–Crippen MR) is 90.2 cm³/mol. The van der Waals surface area contributed by atoms with E-state index in [1.807, 2.05) is 0 Å². The Balaban J connectivity index is 2.18. The molecule has 0 atom stereocenters. The van der Waals surface area contributed by atoms with Gasteiger partial charge in [0.05, 0.1) is 19.1 Å². The first-order valence-electron chi connectivity index (χ1n) is 8.76. The topological polar surface area (TPSA) is 46.6 Å². The number of nitrogens with zero attached hydrogens (tertiary/aromatic N) is 1. The zero-order valence-electron chi connectivity index (χ0n) is 14.3. The molecule has 0 heterocycles. The van der Waals surface area contributed by atoms with Gasteiger partial charge in [-0.05, 0) is 25.0 Å². The van der Waals surface area contributed by atoms with Crippen LogP contribution in [-0.4, -0.2) is 36.5 Å². The SMILES string of the molecule is COC(=O)CCN(C(=O)c1ccccc1F)C1CCCCCCC1. The molecule has 4 nitrogen and oxygen atoms in total. The van der Waals surface area contributed by atoms with Crippen LogP contribution in [0.1, 0.15) is 61.7 Å². The third-order valence-corrected chi connectivity index (χ3v) is 4.67. The Morgan fingerprint density at radius 1 is 1.12 bits per heavy atom. The van der Waals surface area contributed by atoms with Gasteiger partial charge in [-0.2, -0.15) is 0 Å². The molecule has 0 N–H and O–H groups in total. The summed E-state index contributed by atoms with van der Waals surface area (Å²) in [5.74, 6) is -1.20. The van der Waals surface area contributed by atoms with E-state index in [0.717, 1.165) is 38.5 Å². The van der Waals surface area contributed by atoms with Crippen molar-refractivity contribution < 1.29 is 18.7 Å². The molecule has 1 aliphatic carbocycles. The van der Waals surface area contributed by atoms with Crippen molar-refractivity contribution in [3.63, 3.8) is 0 Å². The largest absolute Gasteiger partial charge is 0.469 e. The lowest BCUT2D eigenvalue weighted by Gasteiger charge is -2.33. The van der Waals surface area contributed by atoms with Crippen LogP contribution in [0, 0.1) is 5.82 Å². The molecule has 1 aromatic carbocycles. The lowest BCUT2D eigenvalue weighted by atomic mass is 9.95. The van der Waals surface area contributed by atoms with Crippen LogP contribution in [0.4, 0.5) is 4.39 Å². The summed E-state index contributed by atoms with van der Waals surface area (Å²) in [4.78, 5) is 26.1. The second-order valence-electron chi connectivity index (χ2n) is 6.30. The van der Waals surface area contributed by atoms with E-state index in [1.165, 1.54) is 25.7 Å². The minimum Gasteiger partial charge on any atom is -0.469 e. The number of benzene rings is 1. The van der Waals surface area contributed by atoms with E-state index < -0.39 is 5.82 Å². The molecule has 1 aliphatic rings. The number of methoxy groups -OCH3 is 1. The summed E-state index contributed by atoms with van der Waals surface area (Å²) < 4.78 is 18.7. The van der Waals surface area contributed by atoms with E-state index >= 15 is 0 Å². The van der Waals surface area contributed by atoms with Crippen LogP contribution in [-0.2, 0) is 9.53 Å². The summed E-state index contributed by atoms with van der Waals surface area (Å²) in [5.41, 5.74) is 0.0735. The van der Waals surface area contributed by atoms with Crippen molar-refractivity contribution in [2.45, 2.75) is 57.4 Å². The summed E-state index contributed by atoms with van der Waals surface area (Å²) in [6.07, 6.45) is 7.62. The minimum atomic E-state index is -0.517. The van der Waals surface area contributed by atoms with Gasteiger partial charge in [0, 0.05) is 12.6 Å². The number of ether oxygens (including phenoxy) is 1. The highest BCUT2D eigenvalue weighted by atomic mass is 19.1. The Morgan fingerprint density at radius 3 is 2.38 bits per heavy atom. The van der Waals surface area contributed by atoms with E-state index in [4.69, 9.17) is 4.74 Å². The van der Waals surface area contributed by atoms with Gasteiger partial charge in [0.25, 0.3) is 5.91 Å². The van der Waals surface area contributed by atoms with Gasteiger partial charge in [-0.3, -0.25) is 9.59 Å². The zero-order valence-corrected chi connectivity index (χ0v) is 14.3. The standard InChI is InChI=1S/C19H26FNO3/c1-24-18(22)13-14-21(15-9-5-3-2-4-6-10-15)19(23)16-11-7-8-12-17(16)20/h7-8,11-12,15H,2-6,9-10,13-14H2,1H3. The van der Waals surface area contributed by atoms with Crippen molar-refractivity contribution in [2.75, 3.05) is 13.7 Å². The van der Waals surface area contributed by atoms with Crippen LogP contribution in [0.5, 0.6) is 0 Å². The Labute approximate surface area is 143 Å². The molecule has 5 heteroatoms. The van der Waals surface area contributed by atoms with Gasteiger partial charge in [0.1, 0.15) is 5.82 Å². The van der Waals surface area contributed by atoms with E-state index in [2.05, 4.69) is 0 Å². The summed E-state index contributed by atoms with van der Waals surface area (Å²) in [6.45, 7) is 0.268. The van der Waals surface area contributed by atoms with E-state index in [9.17, 15) is 14.0 Å². The quantitative estimate of drug-likeness (QED) is 0.766. The molecule has 1 amide bonds. The van der Waals surface area contributed by atoms with Crippen LogP contribution in [0.25, 0.3) is 0 Å². The number of halogens is 1. The molecule has 2 rings (SSSR count). The van der Waals surface area contributed by atoms with Crippen LogP contribution in [0.3, 0.4) is 0 Å². The first-order valence-corrected chi connectivity index (χ1v) is 8.76. The highest BCUT2D eigenvalue weighted by Gasteiger charge is 2.27. The second-order valence-corrected chi connectivity index (χ2v) is 6.30. The van der Waals surface area contributed by atoms with Crippen LogP contribution >= 0.6 is 0 Å². The van der Waals surface area contributed by atoms with Crippen molar-refractivity contribution in [3.05, 3.63) is 35.6 Å². The van der Waals surface area contributed by atoms with Crippen molar-refractivity contribution in [2.24, 2.45) is 0 Å². The molecule has 0 unspecified atom stereocenters. The van der Waals surface area contributed by atoms with Gasteiger partial charge >= 0.3 is 5.97 Å². The van der Waals surface area contributed by atoms with Gasteiger partial charge in [-0.1, -0.05) is 44.2 Å². The lowest BCUT2D eigenvalue weighted by molar-refractivity contribution is -0.140. The summed E-state index contributed by atoms with van der Waals surface area (Å²) in [6, 6.07) is 6.09. The number of hydrogen-bond acceptors (Lipinski definition) is 3. The van der Waals surface area contributed by atoms with Gasteiger partial charge < -0.3 is 9.64 Å². The molecule has 1 saturated carbocycles. The lowest BCUT2D eigenvalue weighted by Crippen LogP contribution is -2.42. The molecule has 0 bridgehead atoms. The van der Waals surface area contributed by atoms with E-state index in [0.29, 0.717) is 0 Å². The smallest absolute Gasteiger partial charge is 0.307 e. The number of esters is 1. The van der Waals surface area contributed by atoms with E-state index in [1.54, 1.807) is 17.0 Å². The van der Waals surface area contributed by atoms with Gasteiger partial charge in [0.15, 0.2) is 0 Å². The van der Waals surface area contributed by atoms with Crippen LogP contribution in [0.15, 0.2) is 24.3 Å². The Kier molecular flexibility index (Phi) is 7.22. The molecule has 24 heavy (non-hydrogen) atoms. The number of amides is 1. The monoisotopic (exact) mass is 335 g/mol. The van der Waals surface area contributed by atoms with E-state index in [-0.39, 0.29) is 36.4 Å². The normalized spacial score (nSPS) is 16.1. The summed E-state index contributed by atoms with van der Waals surface area (Å²) in [7, 11) is 1.33. The minimum absolute atomic E-state index is 0.0575. The molecule has 0 aromatic heterocycles. The average Bonchev–Trinajstić information content (AvgIpc) is 2.56. The fraction of sp³-hybridized carbons (Fsp3) is 0.579. The number of carbonyl (C=O) groups excluding carboxylic acids is 2. The van der Waals surface area contributed by atoms with Gasteiger partial charge in [0.2, 0.25) is 0 Å². The highest BCUT2D eigenvalue weighted by Crippen LogP contribution is 2.24. The van der Waals surface area contributed by atoms with Crippen molar-refractivity contribution in [3.8, 4) is 0 Å². The molecular weight excluding hydrogens is 309 g/mol. The van der Waals surface area contributed by atoms with Gasteiger partial charge in [-0.15, -0.1) is 0 Å². The molecule has 1 fully saturated rings. The molecule has 0 spiro atoms. The Hall–Kier alpha value is -1.91. The maximum absolute atomic E-state index is 14.0. The zero-order chi connectivity index (χ0) is 17.4. The number of rotatable bonds is 5.